The molecule has 0 radical (unpaired) electrons. The Labute approximate surface area is 96.2 Å². The van der Waals surface area contributed by atoms with Crippen molar-refractivity contribution in [2.24, 2.45) is 0 Å². The van der Waals surface area contributed by atoms with Crippen LogP contribution in [-0.4, -0.2) is 33.2 Å². The Bertz CT molecular complexity index is 335. The molecule has 0 saturated heterocycles. The third-order valence-electron chi connectivity index (χ3n) is 2.36. The molecule has 1 rings (SSSR count). The molecule has 1 amide bonds. The Balaban J connectivity index is 2.64. The highest BCUT2D eigenvalue weighted by atomic mass is 16.5. The fourth-order valence-electron chi connectivity index (χ4n) is 1.30. The molecule has 4 heteroatoms. The van der Waals surface area contributed by atoms with Gasteiger partial charge in [0.1, 0.15) is 5.75 Å². The number of likely N-dealkylation sites (N-methyl/N-ethyl adjacent to an activating group) is 2. The number of benzene rings is 1. The van der Waals surface area contributed by atoms with Gasteiger partial charge in [0.05, 0.1) is 13.7 Å². The molecule has 0 heterocycles. The van der Waals surface area contributed by atoms with Gasteiger partial charge >= 0.3 is 0 Å². The number of amides is 1. The summed E-state index contributed by atoms with van der Waals surface area (Å²) in [6, 6.07) is 7.41. The molecule has 1 aromatic carbocycles. The summed E-state index contributed by atoms with van der Waals surface area (Å²) in [7, 11) is 3.39. The molecule has 88 valence electrons. The van der Waals surface area contributed by atoms with Gasteiger partial charge in [0.2, 0.25) is 5.91 Å². The van der Waals surface area contributed by atoms with Gasteiger partial charge in [0, 0.05) is 12.7 Å². The third kappa shape index (κ3) is 3.24. The molecular formula is C12H18N2O2. The number of rotatable bonds is 5. The quantitative estimate of drug-likeness (QED) is 0.815. The highest BCUT2D eigenvalue weighted by Crippen LogP contribution is 2.17. The van der Waals surface area contributed by atoms with Crippen LogP contribution in [0.3, 0.4) is 0 Å². The van der Waals surface area contributed by atoms with Gasteiger partial charge in [-0.25, -0.2) is 0 Å². The second-order valence-electron chi connectivity index (χ2n) is 3.43. The number of nitrogens with zero attached hydrogens (tertiary/aromatic N) is 1. The van der Waals surface area contributed by atoms with Gasteiger partial charge in [-0.2, -0.15) is 0 Å². The van der Waals surface area contributed by atoms with Crippen LogP contribution in [0.5, 0.6) is 5.75 Å². The summed E-state index contributed by atoms with van der Waals surface area (Å²) in [6.07, 6.45) is 0. The summed E-state index contributed by atoms with van der Waals surface area (Å²) < 4.78 is 5.06. The average molecular weight is 222 g/mol. The first kappa shape index (κ1) is 12.5. The lowest BCUT2D eigenvalue weighted by molar-refractivity contribution is -0.117. The van der Waals surface area contributed by atoms with Gasteiger partial charge in [-0.1, -0.05) is 6.92 Å². The SMILES string of the molecule is CCNCC(=O)N(C)c1ccc(OC)cc1. The molecule has 1 aromatic rings. The maximum atomic E-state index is 11.7. The average Bonchev–Trinajstić information content (AvgIpc) is 2.35. The molecule has 0 unspecified atom stereocenters. The molecule has 0 aliphatic carbocycles. The maximum Gasteiger partial charge on any atom is 0.240 e. The van der Waals surface area contributed by atoms with Gasteiger partial charge in [-0.15, -0.1) is 0 Å². The topological polar surface area (TPSA) is 41.6 Å². The molecule has 0 atom stereocenters. The van der Waals surface area contributed by atoms with E-state index in [1.807, 2.05) is 31.2 Å². The molecule has 0 aliphatic rings. The van der Waals surface area contributed by atoms with Crippen molar-refractivity contribution in [3.63, 3.8) is 0 Å². The first-order valence-electron chi connectivity index (χ1n) is 5.30. The second kappa shape index (κ2) is 6.12. The lowest BCUT2D eigenvalue weighted by Crippen LogP contribution is -2.35. The van der Waals surface area contributed by atoms with Crippen LogP contribution in [0.4, 0.5) is 5.69 Å². The van der Waals surface area contributed by atoms with Gasteiger partial charge in [0.15, 0.2) is 0 Å². The molecule has 0 bridgehead atoms. The van der Waals surface area contributed by atoms with Crippen LogP contribution in [0.2, 0.25) is 0 Å². The zero-order chi connectivity index (χ0) is 12.0. The Morgan fingerprint density at radius 3 is 2.50 bits per heavy atom. The van der Waals surface area contributed by atoms with Crippen molar-refractivity contribution in [3.05, 3.63) is 24.3 Å². The minimum Gasteiger partial charge on any atom is -0.497 e. The van der Waals surface area contributed by atoms with E-state index in [4.69, 9.17) is 4.74 Å². The van der Waals surface area contributed by atoms with Crippen LogP contribution < -0.4 is 15.0 Å². The van der Waals surface area contributed by atoms with Crippen molar-refractivity contribution in [1.82, 2.24) is 5.32 Å². The van der Waals surface area contributed by atoms with Crippen LogP contribution in [0.25, 0.3) is 0 Å². The predicted octanol–water partition coefficient (Wildman–Crippen LogP) is 1.27. The van der Waals surface area contributed by atoms with E-state index in [2.05, 4.69) is 5.32 Å². The summed E-state index contributed by atoms with van der Waals surface area (Å²) in [5.41, 5.74) is 0.865. The molecule has 4 nitrogen and oxygen atoms in total. The van der Waals surface area contributed by atoms with Crippen LogP contribution in [0, 0.1) is 0 Å². The van der Waals surface area contributed by atoms with E-state index in [-0.39, 0.29) is 5.91 Å². The molecule has 0 fully saturated rings. The second-order valence-corrected chi connectivity index (χ2v) is 3.43. The minimum absolute atomic E-state index is 0.0482. The molecule has 0 spiro atoms. The molecular weight excluding hydrogens is 204 g/mol. The van der Waals surface area contributed by atoms with Gasteiger partial charge in [0.25, 0.3) is 0 Å². The fraction of sp³-hybridized carbons (Fsp3) is 0.417. The fourth-order valence-corrected chi connectivity index (χ4v) is 1.30. The lowest BCUT2D eigenvalue weighted by Gasteiger charge is -2.17. The summed E-state index contributed by atoms with van der Waals surface area (Å²) in [4.78, 5) is 13.3. The van der Waals surface area contributed by atoms with E-state index in [0.717, 1.165) is 18.0 Å². The number of anilines is 1. The normalized spacial score (nSPS) is 9.94. The third-order valence-corrected chi connectivity index (χ3v) is 2.36. The van der Waals surface area contributed by atoms with Gasteiger partial charge in [-0.3, -0.25) is 4.79 Å². The summed E-state index contributed by atoms with van der Waals surface area (Å²) in [5.74, 6) is 0.836. The monoisotopic (exact) mass is 222 g/mol. The number of hydrogen-bond donors (Lipinski definition) is 1. The summed E-state index contributed by atoms with van der Waals surface area (Å²) in [5, 5.41) is 3.01. The number of nitrogens with one attached hydrogen (secondary N) is 1. The number of carbonyl (C=O) groups is 1. The molecule has 1 N–H and O–H groups in total. The smallest absolute Gasteiger partial charge is 0.240 e. The van der Waals surface area contributed by atoms with Crippen LogP contribution >= 0.6 is 0 Å². The van der Waals surface area contributed by atoms with Crippen LogP contribution in [0.1, 0.15) is 6.92 Å². The van der Waals surface area contributed by atoms with E-state index in [1.165, 1.54) is 0 Å². The molecule has 0 saturated carbocycles. The van der Waals surface area contributed by atoms with Crippen LogP contribution in [-0.2, 0) is 4.79 Å². The highest BCUT2D eigenvalue weighted by Gasteiger charge is 2.09. The zero-order valence-corrected chi connectivity index (χ0v) is 9.99. The predicted molar refractivity (Wildman–Crippen MR) is 64.9 cm³/mol. The maximum absolute atomic E-state index is 11.7. The van der Waals surface area contributed by atoms with E-state index < -0.39 is 0 Å². The van der Waals surface area contributed by atoms with Crippen molar-refractivity contribution in [2.45, 2.75) is 6.92 Å². The van der Waals surface area contributed by atoms with Crippen molar-refractivity contribution >= 4 is 11.6 Å². The zero-order valence-electron chi connectivity index (χ0n) is 9.99. The molecule has 0 aliphatic heterocycles. The summed E-state index contributed by atoms with van der Waals surface area (Å²) in [6.45, 7) is 3.13. The van der Waals surface area contributed by atoms with E-state index in [1.54, 1.807) is 19.1 Å². The van der Waals surface area contributed by atoms with Crippen molar-refractivity contribution in [3.8, 4) is 5.75 Å². The first-order valence-corrected chi connectivity index (χ1v) is 5.30. The van der Waals surface area contributed by atoms with Crippen molar-refractivity contribution < 1.29 is 9.53 Å². The van der Waals surface area contributed by atoms with E-state index >= 15 is 0 Å². The van der Waals surface area contributed by atoms with Gasteiger partial charge in [-0.05, 0) is 30.8 Å². The lowest BCUT2D eigenvalue weighted by atomic mass is 10.3. The molecule has 0 aromatic heterocycles. The minimum atomic E-state index is 0.0482. The van der Waals surface area contributed by atoms with Crippen molar-refractivity contribution in [1.29, 1.82) is 0 Å². The number of methoxy groups -OCH3 is 1. The van der Waals surface area contributed by atoms with E-state index in [9.17, 15) is 4.79 Å². The largest absolute Gasteiger partial charge is 0.497 e. The highest BCUT2D eigenvalue weighted by molar-refractivity contribution is 5.94. The Hall–Kier alpha value is -1.55. The van der Waals surface area contributed by atoms with Crippen molar-refractivity contribution in [2.75, 3.05) is 32.1 Å². The Morgan fingerprint density at radius 2 is 2.00 bits per heavy atom. The number of ether oxygens (including phenoxy) is 1. The van der Waals surface area contributed by atoms with Gasteiger partial charge < -0.3 is 15.0 Å². The summed E-state index contributed by atoms with van der Waals surface area (Å²) >= 11 is 0. The first-order chi connectivity index (χ1) is 7.69. The molecule has 16 heavy (non-hydrogen) atoms. The Kier molecular flexibility index (Phi) is 4.79. The van der Waals surface area contributed by atoms with Crippen LogP contribution in [0.15, 0.2) is 24.3 Å². The standard InChI is InChI=1S/C12H18N2O2/c1-4-13-9-12(15)14(2)10-5-7-11(16-3)8-6-10/h5-8,13H,4,9H2,1-3H3. The van der Waals surface area contributed by atoms with E-state index in [0.29, 0.717) is 6.54 Å². The number of carbonyl (C=O) groups excluding carboxylic acids is 1. The number of hydrogen-bond acceptors (Lipinski definition) is 3. The Morgan fingerprint density at radius 1 is 1.38 bits per heavy atom.